The van der Waals surface area contributed by atoms with Gasteiger partial charge in [0.25, 0.3) is 0 Å². The van der Waals surface area contributed by atoms with Gasteiger partial charge >= 0.3 is 0 Å². The Kier molecular flexibility index (Phi) is 3.99. The van der Waals surface area contributed by atoms with Crippen LogP contribution in [0.25, 0.3) is 0 Å². The number of pyridine rings is 1. The number of nitrogens with zero attached hydrogens (tertiary/aromatic N) is 1. The zero-order valence-electron chi connectivity index (χ0n) is 10.4. The van der Waals surface area contributed by atoms with Crippen LogP contribution in [0.3, 0.4) is 0 Å². The molecule has 1 heterocycles. The Labute approximate surface area is 115 Å². The van der Waals surface area contributed by atoms with E-state index in [-0.39, 0.29) is 6.04 Å². The lowest BCUT2D eigenvalue weighted by Gasteiger charge is -2.10. The summed E-state index contributed by atoms with van der Waals surface area (Å²) in [6.45, 7) is 3.91. The lowest BCUT2D eigenvalue weighted by Crippen LogP contribution is -2.06. The highest BCUT2D eigenvalue weighted by Crippen LogP contribution is 2.27. The monoisotopic (exact) mass is 306 g/mol. The molecule has 2 N–H and O–H groups in total. The summed E-state index contributed by atoms with van der Waals surface area (Å²) in [4.78, 5) is 4.26. The van der Waals surface area contributed by atoms with Crippen molar-refractivity contribution >= 4 is 15.9 Å². The quantitative estimate of drug-likeness (QED) is 0.933. The summed E-state index contributed by atoms with van der Waals surface area (Å²) >= 11 is 3.43. The summed E-state index contributed by atoms with van der Waals surface area (Å²) in [5.74, 6) is 1.54. The van der Waals surface area contributed by atoms with Crippen molar-refractivity contribution in [1.82, 2.24) is 4.98 Å². The number of benzene rings is 1. The van der Waals surface area contributed by atoms with Crippen molar-refractivity contribution in [2.24, 2.45) is 5.73 Å². The Hall–Kier alpha value is -1.39. The first-order chi connectivity index (χ1) is 8.56. The second-order valence-electron chi connectivity index (χ2n) is 4.22. The van der Waals surface area contributed by atoms with Gasteiger partial charge in [0.1, 0.15) is 11.5 Å². The molecule has 0 saturated carbocycles. The van der Waals surface area contributed by atoms with Gasteiger partial charge in [0.05, 0.1) is 11.9 Å². The minimum absolute atomic E-state index is 0.0616. The fraction of sp³-hybridized carbons (Fsp3) is 0.214. The number of halogens is 1. The summed E-state index contributed by atoms with van der Waals surface area (Å²) in [5, 5.41) is 0. The molecule has 0 unspecified atom stereocenters. The van der Waals surface area contributed by atoms with Gasteiger partial charge in [-0.2, -0.15) is 0 Å². The normalized spacial score (nSPS) is 12.2. The summed E-state index contributed by atoms with van der Waals surface area (Å²) in [7, 11) is 0. The average molecular weight is 307 g/mol. The fourth-order valence-corrected chi connectivity index (χ4v) is 2.05. The molecule has 0 aliphatic rings. The maximum Gasteiger partial charge on any atom is 0.145 e. The van der Waals surface area contributed by atoms with E-state index in [1.165, 1.54) is 0 Å². The molecule has 0 aliphatic carbocycles. The molecule has 0 radical (unpaired) electrons. The van der Waals surface area contributed by atoms with Gasteiger partial charge in [0.2, 0.25) is 0 Å². The van der Waals surface area contributed by atoms with Crippen molar-refractivity contribution in [2.75, 3.05) is 0 Å². The van der Waals surface area contributed by atoms with Crippen molar-refractivity contribution in [3.63, 3.8) is 0 Å². The fourth-order valence-electron chi connectivity index (χ4n) is 1.58. The minimum atomic E-state index is -0.0616. The van der Waals surface area contributed by atoms with E-state index in [0.29, 0.717) is 5.75 Å². The van der Waals surface area contributed by atoms with Crippen LogP contribution in [0, 0.1) is 6.92 Å². The molecular formula is C14H15BrN2O. The van der Waals surface area contributed by atoms with Crippen molar-refractivity contribution in [1.29, 1.82) is 0 Å². The molecule has 18 heavy (non-hydrogen) atoms. The number of nitrogens with two attached hydrogens (primary N) is 1. The van der Waals surface area contributed by atoms with Crippen LogP contribution in [-0.4, -0.2) is 4.98 Å². The molecule has 94 valence electrons. The van der Waals surface area contributed by atoms with Crippen LogP contribution in [0.5, 0.6) is 11.5 Å². The molecule has 3 nitrogen and oxygen atoms in total. The van der Waals surface area contributed by atoms with E-state index in [0.717, 1.165) is 21.5 Å². The highest BCUT2D eigenvalue weighted by Gasteiger charge is 2.04. The zero-order chi connectivity index (χ0) is 13.1. The minimum Gasteiger partial charge on any atom is -0.455 e. The third-order valence-electron chi connectivity index (χ3n) is 2.59. The van der Waals surface area contributed by atoms with E-state index in [1.807, 2.05) is 44.2 Å². The third-order valence-corrected chi connectivity index (χ3v) is 3.08. The average Bonchev–Trinajstić information content (AvgIpc) is 2.33. The van der Waals surface area contributed by atoms with E-state index in [2.05, 4.69) is 20.9 Å². The van der Waals surface area contributed by atoms with Crippen LogP contribution in [-0.2, 0) is 0 Å². The molecule has 1 atom stereocenters. The Morgan fingerprint density at radius 2 is 2.06 bits per heavy atom. The molecule has 0 spiro atoms. The largest absolute Gasteiger partial charge is 0.455 e. The zero-order valence-corrected chi connectivity index (χ0v) is 11.9. The number of ether oxygens (including phenoxy) is 1. The van der Waals surface area contributed by atoms with Crippen LogP contribution in [0.2, 0.25) is 0 Å². The van der Waals surface area contributed by atoms with E-state index in [9.17, 15) is 0 Å². The Bertz CT molecular complexity index is 538. The lowest BCUT2D eigenvalue weighted by molar-refractivity contribution is 0.475. The molecule has 0 amide bonds. The van der Waals surface area contributed by atoms with Crippen molar-refractivity contribution in [2.45, 2.75) is 19.9 Å². The van der Waals surface area contributed by atoms with Gasteiger partial charge in [-0.05, 0) is 49.7 Å². The summed E-state index contributed by atoms with van der Waals surface area (Å²) in [6.07, 6.45) is 1.69. The molecule has 0 bridgehead atoms. The SMILES string of the molecule is Cc1cc(Br)ccc1Oc1ccc([C@H](C)N)nc1. The van der Waals surface area contributed by atoms with Gasteiger partial charge in [-0.15, -0.1) is 0 Å². The first-order valence-corrected chi connectivity index (χ1v) is 6.51. The van der Waals surface area contributed by atoms with Gasteiger partial charge in [-0.3, -0.25) is 4.98 Å². The van der Waals surface area contributed by atoms with Crippen molar-refractivity contribution < 1.29 is 4.74 Å². The lowest BCUT2D eigenvalue weighted by atomic mass is 10.2. The van der Waals surface area contributed by atoms with Crippen LogP contribution in [0.1, 0.15) is 24.2 Å². The predicted molar refractivity (Wildman–Crippen MR) is 75.8 cm³/mol. The Balaban J connectivity index is 2.18. The number of rotatable bonds is 3. The first kappa shape index (κ1) is 13.1. The predicted octanol–water partition coefficient (Wildman–Crippen LogP) is 3.96. The van der Waals surface area contributed by atoms with Crippen LogP contribution in [0.15, 0.2) is 41.0 Å². The highest BCUT2D eigenvalue weighted by atomic mass is 79.9. The van der Waals surface area contributed by atoms with Gasteiger partial charge < -0.3 is 10.5 Å². The second-order valence-corrected chi connectivity index (χ2v) is 5.13. The summed E-state index contributed by atoms with van der Waals surface area (Å²) < 4.78 is 6.81. The second kappa shape index (κ2) is 5.50. The molecule has 0 saturated heterocycles. The standard InChI is InChI=1S/C14H15BrN2O/c1-9-7-11(15)3-6-14(9)18-12-4-5-13(10(2)16)17-8-12/h3-8,10H,16H2,1-2H3/t10-/m0/s1. The maximum atomic E-state index is 5.77. The van der Waals surface area contributed by atoms with Crippen molar-refractivity contribution in [3.05, 3.63) is 52.3 Å². The van der Waals surface area contributed by atoms with Crippen LogP contribution in [0.4, 0.5) is 0 Å². The number of aryl methyl sites for hydroxylation is 1. The number of aromatic nitrogens is 1. The molecule has 0 fully saturated rings. The van der Waals surface area contributed by atoms with Crippen LogP contribution < -0.4 is 10.5 Å². The van der Waals surface area contributed by atoms with E-state index >= 15 is 0 Å². The molecule has 1 aromatic carbocycles. The molecule has 0 aliphatic heterocycles. The van der Waals surface area contributed by atoms with Gasteiger partial charge in [-0.25, -0.2) is 0 Å². The third kappa shape index (κ3) is 3.09. The van der Waals surface area contributed by atoms with Gasteiger partial charge in [0, 0.05) is 10.5 Å². The van der Waals surface area contributed by atoms with Crippen LogP contribution >= 0.6 is 15.9 Å². The topological polar surface area (TPSA) is 48.1 Å². The van der Waals surface area contributed by atoms with Crippen molar-refractivity contribution in [3.8, 4) is 11.5 Å². The van der Waals surface area contributed by atoms with E-state index < -0.39 is 0 Å². The first-order valence-electron chi connectivity index (χ1n) is 5.72. The highest BCUT2D eigenvalue weighted by molar-refractivity contribution is 9.10. The Morgan fingerprint density at radius 1 is 1.28 bits per heavy atom. The van der Waals surface area contributed by atoms with Gasteiger partial charge in [-0.1, -0.05) is 15.9 Å². The van der Waals surface area contributed by atoms with E-state index in [1.54, 1.807) is 6.20 Å². The van der Waals surface area contributed by atoms with Gasteiger partial charge in [0.15, 0.2) is 0 Å². The Morgan fingerprint density at radius 3 is 2.61 bits per heavy atom. The van der Waals surface area contributed by atoms with E-state index in [4.69, 9.17) is 10.5 Å². The number of hydrogen-bond acceptors (Lipinski definition) is 3. The number of hydrogen-bond donors (Lipinski definition) is 1. The molecular weight excluding hydrogens is 292 g/mol. The molecule has 2 rings (SSSR count). The maximum absolute atomic E-state index is 5.77. The molecule has 4 heteroatoms. The summed E-state index contributed by atoms with van der Waals surface area (Å²) in [6, 6.07) is 9.60. The molecule has 2 aromatic rings. The smallest absolute Gasteiger partial charge is 0.145 e. The summed E-state index contributed by atoms with van der Waals surface area (Å²) in [5.41, 5.74) is 7.67. The molecule has 1 aromatic heterocycles.